The van der Waals surface area contributed by atoms with Crippen molar-refractivity contribution in [1.82, 2.24) is 0 Å². The van der Waals surface area contributed by atoms with Crippen LogP contribution in [0.2, 0.25) is 0 Å². The number of hydrogen-bond donors (Lipinski definition) is 2. The molecule has 0 spiro atoms. The number of rotatable bonds is 4. The summed E-state index contributed by atoms with van der Waals surface area (Å²) in [4.78, 5) is 1.25. The predicted molar refractivity (Wildman–Crippen MR) is 67.4 cm³/mol. The lowest BCUT2D eigenvalue weighted by Gasteiger charge is -2.26. The lowest BCUT2D eigenvalue weighted by Crippen LogP contribution is -2.26. The third kappa shape index (κ3) is 2.62. The van der Waals surface area contributed by atoms with E-state index < -0.39 is 0 Å². The van der Waals surface area contributed by atoms with Crippen molar-refractivity contribution in [3.8, 4) is 5.75 Å². The highest BCUT2D eigenvalue weighted by molar-refractivity contribution is 7.99. The van der Waals surface area contributed by atoms with E-state index in [1.54, 1.807) is 7.11 Å². The zero-order valence-electron chi connectivity index (χ0n) is 9.40. The molecule has 0 fully saturated rings. The van der Waals surface area contributed by atoms with E-state index >= 15 is 0 Å². The molecule has 0 saturated carbocycles. The Balaban J connectivity index is 2.04. The molecule has 2 N–H and O–H groups in total. The minimum atomic E-state index is 0.276. The first kappa shape index (κ1) is 11.6. The Labute approximate surface area is 100 Å². The molecular formula is C12H17NO2S. The van der Waals surface area contributed by atoms with Gasteiger partial charge in [0, 0.05) is 29.0 Å². The fourth-order valence-corrected chi connectivity index (χ4v) is 2.93. The van der Waals surface area contributed by atoms with Crippen molar-refractivity contribution in [1.29, 1.82) is 0 Å². The molecule has 0 saturated heterocycles. The Bertz CT molecular complexity index is 357. The van der Waals surface area contributed by atoms with E-state index in [9.17, 15) is 0 Å². The van der Waals surface area contributed by atoms with E-state index in [4.69, 9.17) is 9.84 Å². The van der Waals surface area contributed by atoms with Gasteiger partial charge in [-0.05, 0) is 31.0 Å². The molecule has 1 aromatic rings. The molecule has 1 heterocycles. The Kier molecular flexibility index (Phi) is 3.96. The number of fused-ring (bicyclic) bond motifs is 1. The van der Waals surface area contributed by atoms with Crippen molar-refractivity contribution in [3.05, 3.63) is 18.2 Å². The van der Waals surface area contributed by atoms with Crippen LogP contribution in [0.3, 0.4) is 0 Å². The Hall–Kier alpha value is -0.870. The first-order valence-corrected chi connectivity index (χ1v) is 6.50. The highest BCUT2D eigenvalue weighted by atomic mass is 32.2. The molecule has 0 aromatic heterocycles. The topological polar surface area (TPSA) is 41.5 Å². The van der Waals surface area contributed by atoms with Gasteiger partial charge in [0.15, 0.2) is 0 Å². The standard InChI is InChI=1S/C12H17NO2S/c1-15-10-4-5-11-12(7-10)16-8-9(13-11)3-2-6-14/h4-5,7,9,13-14H,2-3,6,8H2,1H3. The number of ether oxygens (including phenoxy) is 1. The van der Waals surface area contributed by atoms with Crippen LogP contribution >= 0.6 is 11.8 Å². The van der Waals surface area contributed by atoms with Gasteiger partial charge in [-0.1, -0.05) is 0 Å². The van der Waals surface area contributed by atoms with E-state index in [-0.39, 0.29) is 6.61 Å². The van der Waals surface area contributed by atoms with Gasteiger partial charge in [-0.15, -0.1) is 11.8 Å². The number of thioether (sulfide) groups is 1. The average Bonchev–Trinajstić information content (AvgIpc) is 2.35. The summed E-state index contributed by atoms with van der Waals surface area (Å²) in [6.45, 7) is 0.276. The van der Waals surface area contributed by atoms with Crippen LogP contribution in [-0.4, -0.2) is 30.6 Å². The predicted octanol–water partition coefficient (Wildman–Crippen LogP) is 2.35. The normalized spacial score (nSPS) is 18.8. The first-order chi connectivity index (χ1) is 7.83. The molecule has 0 radical (unpaired) electrons. The summed E-state index contributed by atoms with van der Waals surface area (Å²) >= 11 is 1.85. The van der Waals surface area contributed by atoms with E-state index in [0.717, 1.165) is 24.3 Å². The summed E-state index contributed by atoms with van der Waals surface area (Å²) in [5.41, 5.74) is 1.18. The molecule has 1 aliphatic heterocycles. The third-order valence-corrected chi connectivity index (χ3v) is 3.92. The monoisotopic (exact) mass is 239 g/mol. The van der Waals surface area contributed by atoms with Gasteiger partial charge in [0.1, 0.15) is 5.75 Å². The van der Waals surface area contributed by atoms with Crippen LogP contribution in [0.1, 0.15) is 12.8 Å². The Morgan fingerprint density at radius 3 is 3.19 bits per heavy atom. The van der Waals surface area contributed by atoms with Gasteiger partial charge in [-0.25, -0.2) is 0 Å². The molecule has 1 aromatic carbocycles. The van der Waals surface area contributed by atoms with Gasteiger partial charge in [-0.3, -0.25) is 0 Å². The maximum Gasteiger partial charge on any atom is 0.120 e. The number of methoxy groups -OCH3 is 1. The highest BCUT2D eigenvalue weighted by Crippen LogP contribution is 2.36. The number of anilines is 1. The molecule has 88 valence electrons. The largest absolute Gasteiger partial charge is 0.497 e. The van der Waals surface area contributed by atoms with Crippen molar-refractivity contribution >= 4 is 17.4 Å². The molecule has 1 atom stereocenters. The lowest BCUT2D eigenvalue weighted by atomic mass is 10.1. The number of nitrogens with one attached hydrogen (secondary N) is 1. The zero-order chi connectivity index (χ0) is 11.4. The van der Waals surface area contributed by atoms with Crippen LogP contribution in [0, 0.1) is 0 Å². The van der Waals surface area contributed by atoms with Crippen LogP contribution in [0.25, 0.3) is 0 Å². The fraction of sp³-hybridized carbons (Fsp3) is 0.500. The van der Waals surface area contributed by atoms with Crippen LogP contribution in [0.5, 0.6) is 5.75 Å². The zero-order valence-corrected chi connectivity index (χ0v) is 10.2. The maximum atomic E-state index is 8.81. The van der Waals surface area contributed by atoms with Gasteiger partial charge in [0.2, 0.25) is 0 Å². The SMILES string of the molecule is COc1ccc2c(c1)SCC(CCCO)N2. The van der Waals surface area contributed by atoms with Crippen LogP contribution < -0.4 is 10.1 Å². The summed E-state index contributed by atoms with van der Waals surface area (Å²) in [6, 6.07) is 6.57. The number of aliphatic hydroxyl groups excluding tert-OH is 1. The van der Waals surface area contributed by atoms with Crippen molar-refractivity contribution in [2.45, 2.75) is 23.8 Å². The minimum absolute atomic E-state index is 0.276. The highest BCUT2D eigenvalue weighted by Gasteiger charge is 2.18. The summed E-state index contributed by atoms with van der Waals surface area (Å²) in [7, 11) is 1.69. The molecular weight excluding hydrogens is 222 g/mol. The van der Waals surface area contributed by atoms with Crippen LogP contribution in [0.15, 0.2) is 23.1 Å². The van der Waals surface area contributed by atoms with Gasteiger partial charge >= 0.3 is 0 Å². The molecule has 1 unspecified atom stereocenters. The Morgan fingerprint density at radius 2 is 2.44 bits per heavy atom. The quantitative estimate of drug-likeness (QED) is 0.846. The van der Waals surface area contributed by atoms with E-state index in [2.05, 4.69) is 17.4 Å². The second-order valence-corrected chi connectivity index (χ2v) is 4.94. The van der Waals surface area contributed by atoms with Crippen molar-refractivity contribution in [2.24, 2.45) is 0 Å². The maximum absolute atomic E-state index is 8.81. The minimum Gasteiger partial charge on any atom is -0.497 e. The summed E-state index contributed by atoms with van der Waals surface area (Å²) in [5.74, 6) is 1.96. The molecule has 4 heteroatoms. The van der Waals surface area contributed by atoms with Gasteiger partial charge < -0.3 is 15.2 Å². The third-order valence-electron chi connectivity index (χ3n) is 2.70. The molecule has 2 rings (SSSR count). The first-order valence-electron chi connectivity index (χ1n) is 5.51. The molecule has 0 aliphatic carbocycles. The number of benzene rings is 1. The van der Waals surface area contributed by atoms with Crippen molar-refractivity contribution < 1.29 is 9.84 Å². The molecule has 0 bridgehead atoms. The van der Waals surface area contributed by atoms with Gasteiger partial charge in [-0.2, -0.15) is 0 Å². The van der Waals surface area contributed by atoms with Crippen molar-refractivity contribution in [3.63, 3.8) is 0 Å². The molecule has 0 amide bonds. The van der Waals surface area contributed by atoms with Crippen LogP contribution in [0.4, 0.5) is 5.69 Å². The smallest absolute Gasteiger partial charge is 0.120 e. The van der Waals surface area contributed by atoms with E-state index in [0.29, 0.717) is 6.04 Å². The number of hydrogen-bond acceptors (Lipinski definition) is 4. The number of aliphatic hydroxyl groups is 1. The molecule has 16 heavy (non-hydrogen) atoms. The molecule has 1 aliphatic rings. The summed E-state index contributed by atoms with van der Waals surface area (Å²) in [5, 5.41) is 12.3. The fourth-order valence-electron chi connectivity index (χ4n) is 1.81. The summed E-state index contributed by atoms with van der Waals surface area (Å²) in [6.07, 6.45) is 1.89. The molecule has 3 nitrogen and oxygen atoms in total. The van der Waals surface area contributed by atoms with Gasteiger partial charge in [0.05, 0.1) is 7.11 Å². The van der Waals surface area contributed by atoms with Crippen LogP contribution in [-0.2, 0) is 0 Å². The second kappa shape index (κ2) is 5.46. The lowest BCUT2D eigenvalue weighted by molar-refractivity contribution is 0.282. The van der Waals surface area contributed by atoms with Crippen molar-refractivity contribution in [2.75, 3.05) is 24.8 Å². The Morgan fingerprint density at radius 1 is 1.56 bits per heavy atom. The van der Waals surface area contributed by atoms with Gasteiger partial charge in [0.25, 0.3) is 0 Å². The van der Waals surface area contributed by atoms with E-state index in [1.807, 2.05) is 17.8 Å². The average molecular weight is 239 g/mol. The second-order valence-electron chi connectivity index (χ2n) is 3.88. The summed E-state index contributed by atoms with van der Waals surface area (Å²) < 4.78 is 5.20. The van der Waals surface area contributed by atoms with E-state index in [1.165, 1.54) is 10.6 Å².